The molecule has 2 aromatic carbocycles. The predicted molar refractivity (Wildman–Crippen MR) is 90.3 cm³/mol. The minimum Gasteiger partial charge on any atom is -0.324 e. The molecule has 24 heavy (non-hydrogen) atoms. The molecule has 0 spiro atoms. The molecular formula is C16H14ClN3O4. The number of hydrogen-bond acceptors (Lipinski definition) is 5. The van der Waals surface area contributed by atoms with Gasteiger partial charge in [-0.2, -0.15) is 0 Å². The van der Waals surface area contributed by atoms with E-state index in [1.165, 1.54) is 31.2 Å². The predicted octanol–water partition coefficient (Wildman–Crippen LogP) is 2.76. The molecular weight excluding hydrogens is 334 g/mol. The molecule has 0 heterocycles. The molecule has 2 rings (SSSR count). The topological polar surface area (TPSA) is 115 Å². The van der Waals surface area contributed by atoms with E-state index in [9.17, 15) is 19.7 Å². The third-order valence-corrected chi connectivity index (χ3v) is 3.58. The standard InChI is InChI=1S/C16H14ClN3O4/c1-9(18)16(22)19-14-7-6-10(20(23)24)8-12(14)15(21)11-4-2-3-5-13(11)17/h2-9H,18H2,1H3,(H,19,22)/t9-/m0/s1. The second kappa shape index (κ2) is 7.20. The van der Waals surface area contributed by atoms with Crippen LogP contribution in [0.1, 0.15) is 22.8 Å². The molecule has 0 radical (unpaired) electrons. The number of carbonyl (C=O) groups is 2. The van der Waals surface area contributed by atoms with Crippen molar-refractivity contribution in [1.82, 2.24) is 0 Å². The van der Waals surface area contributed by atoms with Gasteiger partial charge < -0.3 is 11.1 Å². The van der Waals surface area contributed by atoms with Crippen LogP contribution in [0.15, 0.2) is 42.5 Å². The van der Waals surface area contributed by atoms with Gasteiger partial charge in [0.2, 0.25) is 5.91 Å². The summed E-state index contributed by atoms with van der Waals surface area (Å²) >= 11 is 6.02. The van der Waals surface area contributed by atoms with Crippen molar-refractivity contribution in [3.8, 4) is 0 Å². The first kappa shape index (κ1) is 17.6. The first-order valence-corrected chi connectivity index (χ1v) is 7.33. The number of non-ortho nitro benzene ring substituents is 1. The smallest absolute Gasteiger partial charge is 0.270 e. The minimum atomic E-state index is -0.802. The number of anilines is 1. The highest BCUT2D eigenvalue weighted by molar-refractivity contribution is 6.35. The number of nitrogens with two attached hydrogens (primary N) is 1. The first-order chi connectivity index (χ1) is 11.3. The van der Waals surface area contributed by atoms with Crippen LogP contribution in [0.5, 0.6) is 0 Å². The monoisotopic (exact) mass is 347 g/mol. The van der Waals surface area contributed by atoms with Crippen molar-refractivity contribution in [2.24, 2.45) is 5.73 Å². The van der Waals surface area contributed by atoms with E-state index >= 15 is 0 Å². The molecule has 7 nitrogen and oxygen atoms in total. The van der Waals surface area contributed by atoms with Crippen molar-refractivity contribution in [1.29, 1.82) is 0 Å². The molecule has 0 bridgehead atoms. The zero-order valence-corrected chi connectivity index (χ0v) is 13.4. The summed E-state index contributed by atoms with van der Waals surface area (Å²) in [7, 11) is 0. The molecule has 124 valence electrons. The van der Waals surface area contributed by atoms with Crippen LogP contribution in [0.25, 0.3) is 0 Å². The summed E-state index contributed by atoms with van der Waals surface area (Å²) in [5.41, 5.74) is 5.50. The number of nitro benzene ring substituents is 1. The van der Waals surface area contributed by atoms with E-state index < -0.39 is 22.7 Å². The Labute approximate surface area is 142 Å². The molecule has 0 saturated carbocycles. The van der Waals surface area contributed by atoms with E-state index in [1.807, 2.05) is 0 Å². The number of rotatable bonds is 5. The molecule has 0 aromatic heterocycles. The highest BCUT2D eigenvalue weighted by Crippen LogP contribution is 2.27. The van der Waals surface area contributed by atoms with E-state index in [0.717, 1.165) is 6.07 Å². The lowest BCUT2D eigenvalue weighted by molar-refractivity contribution is -0.384. The van der Waals surface area contributed by atoms with Gasteiger partial charge in [0.25, 0.3) is 5.69 Å². The summed E-state index contributed by atoms with van der Waals surface area (Å²) in [4.78, 5) is 34.9. The van der Waals surface area contributed by atoms with Crippen LogP contribution in [0.4, 0.5) is 11.4 Å². The van der Waals surface area contributed by atoms with Crippen LogP contribution in [0.2, 0.25) is 5.02 Å². The van der Waals surface area contributed by atoms with Gasteiger partial charge in [-0.25, -0.2) is 0 Å². The molecule has 0 unspecified atom stereocenters. The van der Waals surface area contributed by atoms with Crippen molar-refractivity contribution >= 4 is 34.7 Å². The van der Waals surface area contributed by atoms with Crippen molar-refractivity contribution in [3.05, 3.63) is 68.7 Å². The van der Waals surface area contributed by atoms with Gasteiger partial charge in [0, 0.05) is 17.7 Å². The molecule has 3 N–H and O–H groups in total. The Hall–Kier alpha value is -2.77. The van der Waals surface area contributed by atoms with Gasteiger partial charge in [0.15, 0.2) is 5.78 Å². The Morgan fingerprint density at radius 3 is 2.46 bits per heavy atom. The van der Waals surface area contributed by atoms with Gasteiger partial charge in [0.1, 0.15) is 0 Å². The van der Waals surface area contributed by atoms with Crippen LogP contribution < -0.4 is 11.1 Å². The number of ketones is 1. The van der Waals surface area contributed by atoms with Crippen LogP contribution in [-0.2, 0) is 4.79 Å². The summed E-state index contributed by atoms with van der Waals surface area (Å²) in [5.74, 6) is -1.05. The van der Waals surface area contributed by atoms with E-state index in [1.54, 1.807) is 12.1 Å². The summed E-state index contributed by atoms with van der Waals surface area (Å²) < 4.78 is 0. The summed E-state index contributed by atoms with van der Waals surface area (Å²) in [6.45, 7) is 1.48. The average Bonchev–Trinajstić information content (AvgIpc) is 2.54. The number of nitro groups is 1. The Kier molecular flexibility index (Phi) is 5.28. The maximum atomic E-state index is 12.7. The Bertz CT molecular complexity index is 821. The van der Waals surface area contributed by atoms with E-state index in [4.69, 9.17) is 17.3 Å². The second-order valence-electron chi connectivity index (χ2n) is 5.07. The van der Waals surface area contributed by atoms with Crippen LogP contribution in [-0.4, -0.2) is 22.7 Å². The van der Waals surface area contributed by atoms with Crippen molar-refractivity contribution in [2.75, 3.05) is 5.32 Å². The normalized spacial score (nSPS) is 11.6. The van der Waals surface area contributed by atoms with E-state index in [0.29, 0.717) is 0 Å². The van der Waals surface area contributed by atoms with Gasteiger partial charge in [-0.3, -0.25) is 19.7 Å². The van der Waals surface area contributed by atoms with Gasteiger partial charge >= 0.3 is 0 Å². The molecule has 1 amide bonds. The molecule has 0 aliphatic rings. The molecule has 2 aromatic rings. The zero-order valence-electron chi connectivity index (χ0n) is 12.7. The van der Waals surface area contributed by atoms with Crippen molar-refractivity contribution in [2.45, 2.75) is 13.0 Å². The number of benzene rings is 2. The van der Waals surface area contributed by atoms with Crippen LogP contribution >= 0.6 is 11.6 Å². The SMILES string of the molecule is C[C@H](N)C(=O)Nc1ccc([N+](=O)[O-])cc1C(=O)c1ccccc1Cl. The largest absolute Gasteiger partial charge is 0.324 e. The van der Waals surface area contributed by atoms with Crippen molar-refractivity contribution < 1.29 is 14.5 Å². The molecule has 1 atom stereocenters. The van der Waals surface area contributed by atoms with Gasteiger partial charge in [0.05, 0.1) is 27.2 Å². The number of carbonyl (C=O) groups excluding carboxylic acids is 2. The third kappa shape index (κ3) is 3.76. The van der Waals surface area contributed by atoms with Crippen molar-refractivity contribution in [3.63, 3.8) is 0 Å². The summed E-state index contributed by atoms with van der Waals surface area (Å²) in [5, 5.41) is 13.7. The lowest BCUT2D eigenvalue weighted by atomic mass is 10.0. The molecule has 0 aliphatic heterocycles. The molecule has 0 saturated heterocycles. The number of amides is 1. The lowest BCUT2D eigenvalue weighted by Crippen LogP contribution is -2.33. The van der Waals surface area contributed by atoms with Gasteiger partial charge in [-0.05, 0) is 25.1 Å². The van der Waals surface area contributed by atoms with E-state index in [-0.39, 0.29) is 27.5 Å². The highest BCUT2D eigenvalue weighted by atomic mass is 35.5. The average molecular weight is 348 g/mol. The molecule has 8 heteroatoms. The number of nitrogens with zero attached hydrogens (tertiary/aromatic N) is 1. The van der Waals surface area contributed by atoms with Gasteiger partial charge in [-0.1, -0.05) is 23.7 Å². The zero-order chi connectivity index (χ0) is 17.9. The highest BCUT2D eigenvalue weighted by Gasteiger charge is 2.21. The Morgan fingerprint density at radius 2 is 1.88 bits per heavy atom. The maximum absolute atomic E-state index is 12.7. The van der Waals surface area contributed by atoms with Gasteiger partial charge in [-0.15, -0.1) is 0 Å². The Morgan fingerprint density at radius 1 is 1.21 bits per heavy atom. The maximum Gasteiger partial charge on any atom is 0.270 e. The second-order valence-corrected chi connectivity index (χ2v) is 5.48. The number of nitrogens with one attached hydrogen (secondary N) is 1. The fourth-order valence-corrected chi connectivity index (χ4v) is 2.20. The number of hydrogen-bond donors (Lipinski definition) is 2. The van der Waals surface area contributed by atoms with Crippen LogP contribution in [0.3, 0.4) is 0 Å². The number of halogens is 1. The van der Waals surface area contributed by atoms with Crippen LogP contribution in [0, 0.1) is 10.1 Å². The Balaban J connectivity index is 2.54. The lowest BCUT2D eigenvalue weighted by Gasteiger charge is -2.12. The first-order valence-electron chi connectivity index (χ1n) is 6.95. The molecule has 0 fully saturated rings. The van der Waals surface area contributed by atoms with E-state index in [2.05, 4.69) is 5.32 Å². The molecule has 0 aliphatic carbocycles. The third-order valence-electron chi connectivity index (χ3n) is 3.25. The summed E-state index contributed by atoms with van der Waals surface area (Å²) in [6, 6.07) is 9.10. The fourth-order valence-electron chi connectivity index (χ4n) is 1.98. The quantitative estimate of drug-likeness (QED) is 0.490. The minimum absolute atomic E-state index is 0.0358. The summed E-state index contributed by atoms with van der Waals surface area (Å²) in [6.07, 6.45) is 0. The fraction of sp³-hybridized carbons (Fsp3) is 0.125.